The summed E-state index contributed by atoms with van der Waals surface area (Å²) < 4.78 is 21.4. The van der Waals surface area contributed by atoms with Gasteiger partial charge < -0.3 is 0 Å². The van der Waals surface area contributed by atoms with Gasteiger partial charge in [-0.05, 0) is 19.1 Å². The first-order valence-electron chi connectivity index (χ1n) is 2.92. The van der Waals surface area contributed by atoms with Crippen LogP contribution in [-0.2, 0) is 9.05 Å². The minimum absolute atomic E-state index is 0.0525. The molecular weight excluding hydrogens is 184 g/mol. The molecule has 0 aromatic rings. The van der Waals surface area contributed by atoms with E-state index in [2.05, 4.69) is 6.58 Å². The molecule has 0 saturated carbocycles. The fraction of sp³-hybridized carbons (Fsp3) is 0.143. The Morgan fingerprint density at radius 3 is 2.36 bits per heavy atom. The third-order valence-electron chi connectivity index (χ3n) is 0.895. The average molecular weight is 193 g/mol. The zero-order valence-corrected chi connectivity index (χ0v) is 7.69. The van der Waals surface area contributed by atoms with Gasteiger partial charge >= 0.3 is 0 Å². The van der Waals surface area contributed by atoms with Crippen molar-refractivity contribution in [3.8, 4) is 0 Å². The molecule has 0 aliphatic carbocycles. The van der Waals surface area contributed by atoms with Crippen molar-refractivity contribution in [1.29, 1.82) is 0 Å². The molecule has 0 unspecified atom stereocenters. The number of hydrogen-bond acceptors (Lipinski definition) is 2. The van der Waals surface area contributed by atoms with Gasteiger partial charge in [0, 0.05) is 10.7 Å². The molecule has 0 radical (unpaired) electrons. The minimum Gasteiger partial charge on any atom is -0.207 e. The molecule has 2 nitrogen and oxygen atoms in total. The lowest BCUT2D eigenvalue weighted by atomic mass is 10.4. The van der Waals surface area contributed by atoms with Crippen molar-refractivity contribution in [3.63, 3.8) is 0 Å². The molecule has 62 valence electrons. The maximum Gasteiger partial charge on any atom is 0.261 e. The van der Waals surface area contributed by atoms with Gasteiger partial charge in [-0.3, -0.25) is 0 Å². The molecule has 0 aromatic carbocycles. The highest BCUT2D eigenvalue weighted by Crippen LogP contribution is 2.12. The van der Waals surface area contributed by atoms with E-state index in [1.165, 1.54) is 18.2 Å². The second kappa shape index (κ2) is 4.36. The Hall–Kier alpha value is -0.540. The van der Waals surface area contributed by atoms with E-state index >= 15 is 0 Å². The summed E-state index contributed by atoms with van der Waals surface area (Å²) in [7, 11) is 1.45. The minimum atomic E-state index is -3.61. The van der Waals surface area contributed by atoms with Gasteiger partial charge in [-0.1, -0.05) is 18.7 Å². The largest absolute Gasteiger partial charge is 0.261 e. The van der Waals surface area contributed by atoms with Gasteiger partial charge in [0.25, 0.3) is 9.05 Å². The van der Waals surface area contributed by atoms with Crippen molar-refractivity contribution >= 4 is 19.7 Å². The van der Waals surface area contributed by atoms with Crippen molar-refractivity contribution in [3.05, 3.63) is 35.8 Å². The van der Waals surface area contributed by atoms with Crippen molar-refractivity contribution in [2.75, 3.05) is 0 Å². The van der Waals surface area contributed by atoms with Gasteiger partial charge in [-0.25, -0.2) is 8.42 Å². The van der Waals surface area contributed by atoms with Crippen LogP contribution < -0.4 is 0 Å². The monoisotopic (exact) mass is 192 g/mol. The van der Waals surface area contributed by atoms with Crippen molar-refractivity contribution in [1.82, 2.24) is 0 Å². The number of allylic oxidation sites excluding steroid dienone is 4. The van der Waals surface area contributed by atoms with Crippen LogP contribution in [0.4, 0.5) is 0 Å². The van der Waals surface area contributed by atoms with Gasteiger partial charge in [0.2, 0.25) is 0 Å². The SMILES string of the molecule is C=C/C=C(\C=C/C)S(=O)(=O)Cl. The lowest BCUT2D eigenvalue weighted by Crippen LogP contribution is -1.90. The maximum absolute atomic E-state index is 10.7. The Morgan fingerprint density at radius 1 is 1.55 bits per heavy atom. The molecule has 0 aliphatic rings. The van der Waals surface area contributed by atoms with Gasteiger partial charge in [0.05, 0.1) is 4.91 Å². The summed E-state index contributed by atoms with van der Waals surface area (Å²) in [5.41, 5.74) is 0. The smallest absolute Gasteiger partial charge is 0.207 e. The van der Waals surface area contributed by atoms with Crippen LogP contribution in [0.15, 0.2) is 35.8 Å². The molecule has 0 spiro atoms. The first-order chi connectivity index (χ1) is 5.02. The third kappa shape index (κ3) is 4.01. The first kappa shape index (κ1) is 10.5. The van der Waals surface area contributed by atoms with Crippen LogP contribution in [0.25, 0.3) is 0 Å². The summed E-state index contributed by atoms with van der Waals surface area (Å²) >= 11 is 0. The van der Waals surface area contributed by atoms with Crippen LogP contribution >= 0.6 is 10.7 Å². The van der Waals surface area contributed by atoms with E-state index < -0.39 is 9.05 Å². The molecule has 0 rings (SSSR count). The van der Waals surface area contributed by atoms with E-state index in [0.29, 0.717) is 0 Å². The molecular formula is C7H9ClO2S. The van der Waals surface area contributed by atoms with Crippen molar-refractivity contribution in [2.24, 2.45) is 0 Å². The van der Waals surface area contributed by atoms with Gasteiger partial charge in [0.15, 0.2) is 0 Å². The van der Waals surface area contributed by atoms with Gasteiger partial charge in [-0.15, -0.1) is 0 Å². The van der Waals surface area contributed by atoms with E-state index in [-0.39, 0.29) is 4.91 Å². The number of hydrogen-bond donors (Lipinski definition) is 0. The predicted octanol–water partition coefficient (Wildman–Crippen LogP) is 2.20. The molecule has 0 heterocycles. The molecule has 0 N–H and O–H groups in total. The van der Waals surface area contributed by atoms with Crippen LogP contribution in [0, 0.1) is 0 Å². The Labute approximate surface area is 71.3 Å². The molecule has 0 atom stereocenters. The summed E-state index contributed by atoms with van der Waals surface area (Å²) in [4.78, 5) is 0.0525. The van der Waals surface area contributed by atoms with Crippen LogP contribution in [0.2, 0.25) is 0 Å². The highest BCUT2D eigenvalue weighted by Gasteiger charge is 2.08. The highest BCUT2D eigenvalue weighted by atomic mass is 35.7. The average Bonchev–Trinajstić information content (AvgIpc) is 1.85. The zero-order chi connectivity index (χ0) is 8.91. The van der Waals surface area contributed by atoms with E-state index in [1.54, 1.807) is 13.0 Å². The van der Waals surface area contributed by atoms with E-state index in [0.717, 1.165) is 0 Å². The molecule has 0 amide bonds. The van der Waals surface area contributed by atoms with Crippen LogP contribution in [0.1, 0.15) is 6.92 Å². The molecule has 11 heavy (non-hydrogen) atoms. The molecule has 0 aliphatic heterocycles. The fourth-order valence-corrected chi connectivity index (χ4v) is 1.36. The van der Waals surface area contributed by atoms with Gasteiger partial charge in [0.1, 0.15) is 0 Å². The van der Waals surface area contributed by atoms with E-state index in [1.807, 2.05) is 0 Å². The summed E-state index contributed by atoms with van der Waals surface area (Å²) in [5.74, 6) is 0. The van der Waals surface area contributed by atoms with Crippen LogP contribution in [0.5, 0.6) is 0 Å². The molecule has 0 saturated heterocycles. The lowest BCUT2D eigenvalue weighted by Gasteiger charge is -1.92. The molecule has 0 fully saturated rings. The first-order valence-corrected chi connectivity index (χ1v) is 5.23. The predicted molar refractivity (Wildman–Crippen MR) is 47.9 cm³/mol. The Morgan fingerprint density at radius 2 is 2.09 bits per heavy atom. The summed E-state index contributed by atoms with van der Waals surface area (Å²) in [6.45, 7) is 5.07. The quantitative estimate of drug-likeness (QED) is 0.508. The molecule has 4 heteroatoms. The second-order valence-corrected chi connectivity index (χ2v) is 4.31. The molecule has 0 aromatic heterocycles. The van der Waals surface area contributed by atoms with E-state index in [9.17, 15) is 8.42 Å². The molecule has 0 bridgehead atoms. The van der Waals surface area contributed by atoms with Crippen LogP contribution in [-0.4, -0.2) is 8.42 Å². The Bertz CT molecular complexity index is 286. The third-order valence-corrected chi connectivity index (χ3v) is 2.26. The standard InChI is InChI=1S/C7H9ClO2S/c1-3-5-7(6-4-2)11(8,9)10/h3-6H,1H2,2H3/b6-4-,7-5+. The number of rotatable bonds is 3. The maximum atomic E-state index is 10.7. The summed E-state index contributed by atoms with van der Waals surface area (Å²) in [6, 6.07) is 0. The topological polar surface area (TPSA) is 34.1 Å². The summed E-state index contributed by atoms with van der Waals surface area (Å²) in [6.07, 6.45) is 5.71. The Balaban J connectivity index is 4.93. The Kier molecular flexibility index (Phi) is 4.15. The zero-order valence-electron chi connectivity index (χ0n) is 6.12. The number of halogens is 1. The second-order valence-electron chi connectivity index (χ2n) is 1.74. The highest BCUT2D eigenvalue weighted by molar-refractivity contribution is 8.17. The van der Waals surface area contributed by atoms with Crippen molar-refractivity contribution in [2.45, 2.75) is 6.92 Å². The lowest BCUT2D eigenvalue weighted by molar-refractivity contribution is 0.615. The summed E-state index contributed by atoms with van der Waals surface area (Å²) in [5, 5.41) is 0. The van der Waals surface area contributed by atoms with Gasteiger partial charge in [-0.2, -0.15) is 0 Å². The van der Waals surface area contributed by atoms with E-state index in [4.69, 9.17) is 10.7 Å². The van der Waals surface area contributed by atoms with Crippen LogP contribution in [0.3, 0.4) is 0 Å². The fourth-order valence-electron chi connectivity index (χ4n) is 0.499. The normalized spacial score (nSPS) is 13.8. The van der Waals surface area contributed by atoms with Crippen molar-refractivity contribution < 1.29 is 8.42 Å².